The van der Waals surface area contributed by atoms with Crippen molar-refractivity contribution in [3.8, 4) is 0 Å². The molecule has 21 heavy (non-hydrogen) atoms. The molecule has 118 valence electrons. The van der Waals surface area contributed by atoms with E-state index >= 15 is 0 Å². The SMILES string of the molecule is CCCS(=O)(=O)c1c(N)nsc1N1CCC2CCCCC21. The van der Waals surface area contributed by atoms with Crippen molar-refractivity contribution in [3.63, 3.8) is 0 Å². The van der Waals surface area contributed by atoms with Crippen molar-refractivity contribution >= 4 is 32.2 Å². The lowest BCUT2D eigenvalue weighted by molar-refractivity contribution is 0.342. The fourth-order valence-corrected chi connectivity index (χ4v) is 6.62. The Morgan fingerprint density at radius 3 is 2.86 bits per heavy atom. The van der Waals surface area contributed by atoms with Gasteiger partial charge in [0.15, 0.2) is 15.7 Å². The van der Waals surface area contributed by atoms with Gasteiger partial charge in [0.2, 0.25) is 0 Å². The molecule has 0 amide bonds. The molecule has 0 aromatic carbocycles. The summed E-state index contributed by atoms with van der Waals surface area (Å²) in [6, 6.07) is 0.481. The summed E-state index contributed by atoms with van der Waals surface area (Å²) in [6.45, 7) is 2.81. The molecule has 1 aliphatic heterocycles. The number of nitrogens with zero attached hydrogens (tertiary/aromatic N) is 2. The number of hydrogen-bond donors (Lipinski definition) is 1. The fourth-order valence-electron chi connectivity index (χ4n) is 3.79. The van der Waals surface area contributed by atoms with Crippen molar-refractivity contribution in [3.05, 3.63) is 0 Å². The highest BCUT2D eigenvalue weighted by Gasteiger charge is 2.39. The third-order valence-electron chi connectivity index (χ3n) is 4.71. The van der Waals surface area contributed by atoms with Crippen LogP contribution in [0.1, 0.15) is 45.4 Å². The number of nitrogens with two attached hydrogens (primary N) is 1. The van der Waals surface area contributed by atoms with Gasteiger partial charge in [-0.25, -0.2) is 8.42 Å². The molecule has 3 rings (SSSR count). The van der Waals surface area contributed by atoms with Crippen LogP contribution in [0.2, 0.25) is 0 Å². The van der Waals surface area contributed by atoms with Crippen molar-refractivity contribution in [2.24, 2.45) is 5.92 Å². The van der Waals surface area contributed by atoms with Gasteiger partial charge in [0, 0.05) is 12.6 Å². The van der Waals surface area contributed by atoms with Crippen LogP contribution in [0.4, 0.5) is 10.8 Å². The van der Waals surface area contributed by atoms with Crippen LogP contribution in [0, 0.1) is 5.92 Å². The lowest BCUT2D eigenvalue weighted by Crippen LogP contribution is -2.35. The van der Waals surface area contributed by atoms with Gasteiger partial charge in [-0.05, 0) is 43.1 Å². The third-order valence-corrected chi connectivity index (χ3v) is 7.71. The number of anilines is 2. The number of rotatable bonds is 4. The minimum Gasteiger partial charge on any atom is -0.382 e. The molecule has 1 aromatic rings. The Kier molecular flexibility index (Phi) is 4.14. The van der Waals surface area contributed by atoms with Gasteiger partial charge < -0.3 is 10.6 Å². The normalized spacial score (nSPS) is 26.0. The summed E-state index contributed by atoms with van der Waals surface area (Å²) < 4.78 is 29.2. The number of sulfone groups is 1. The summed E-state index contributed by atoms with van der Waals surface area (Å²) in [5.74, 6) is 1.04. The minimum atomic E-state index is -3.32. The van der Waals surface area contributed by atoms with E-state index in [1.807, 2.05) is 6.92 Å². The predicted molar refractivity (Wildman–Crippen MR) is 86.6 cm³/mol. The van der Waals surface area contributed by atoms with Crippen LogP contribution in [-0.4, -0.2) is 31.1 Å². The predicted octanol–water partition coefficient (Wildman–Crippen LogP) is 2.68. The quantitative estimate of drug-likeness (QED) is 0.919. The molecule has 0 spiro atoms. The standard InChI is InChI=1S/C14H23N3O2S2/c1-2-9-21(18,19)12-13(15)16-20-14(12)17-8-7-10-5-3-4-6-11(10)17/h10-11H,2-9H2,1H3,(H2,15,16). The van der Waals surface area contributed by atoms with Gasteiger partial charge in [-0.3, -0.25) is 0 Å². The van der Waals surface area contributed by atoms with Gasteiger partial charge in [-0.1, -0.05) is 19.8 Å². The molecule has 1 aromatic heterocycles. The molecular formula is C14H23N3O2S2. The Hall–Kier alpha value is -0.820. The number of aromatic nitrogens is 1. The van der Waals surface area contributed by atoms with Crippen LogP contribution in [0.5, 0.6) is 0 Å². The first kappa shape index (κ1) is 15.1. The van der Waals surface area contributed by atoms with Gasteiger partial charge in [-0.2, -0.15) is 4.37 Å². The van der Waals surface area contributed by atoms with Crippen LogP contribution in [-0.2, 0) is 9.84 Å². The summed E-state index contributed by atoms with van der Waals surface area (Å²) in [6.07, 6.45) is 6.74. The van der Waals surface area contributed by atoms with Crippen molar-refractivity contribution in [2.75, 3.05) is 22.9 Å². The Labute approximate surface area is 130 Å². The minimum absolute atomic E-state index is 0.143. The molecule has 1 saturated carbocycles. The Morgan fingerprint density at radius 1 is 1.33 bits per heavy atom. The lowest BCUT2D eigenvalue weighted by atomic mass is 9.85. The zero-order valence-corrected chi connectivity index (χ0v) is 14.0. The van der Waals surface area contributed by atoms with Crippen molar-refractivity contribution in [1.82, 2.24) is 4.37 Å². The van der Waals surface area contributed by atoms with Crippen LogP contribution in [0.25, 0.3) is 0 Å². The van der Waals surface area contributed by atoms with Crippen LogP contribution in [0.15, 0.2) is 4.90 Å². The average Bonchev–Trinajstić information content (AvgIpc) is 3.02. The molecule has 2 unspecified atom stereocenters. The highest BCUT2D eigenvalue weighted by Crippen LogP contribution is 2.44. The van der Waals surface area contributed by atoms with E-state index in [1.54, 1.807) is 0 Å². The topological polar surface area (TPSA) is 76.3 Å². The largest absolute Gasteiger partial charge is 0.382 e. The lowest BCUT2D eigenvalue weighted by Gasteiger charge is -2.32. The van der Waals surface area contributed by atoms with E-state index in [4.69, 9.17) is 5.73 Å². The smallest absolute Gasteiger partial charge is 0.185 e. The summed E-state index contributed by atoms with van der Waals surface area (Å²) >= 11 is 1.25. The van der Waals surface area contributed by atoms with Gasteiger partial charge in [-0.15, -0.1) is 0 Å². The molecule has 5 nitrogen and oxygen atoms in total. The van der Waals surface area contributed by atoms with Crippen LogP contribution in [0.3, 0.4) is 0 Å². The molecule has 2 fully saturated rings. The number of fused-ring (bicyclic) bond motifs is 1. The monoisotopic (exact) mass is 329 g/mol. The third kappa shape index (κ3) is 2.65. The first-order valence-electron chi connectivity index (χ1n) is 7.79. The molecule has 1 saturated heterocycles. The van der Waals surface area contributed by atoms with Gasteiger partial charge >= 0.3 is 0 Å². The van der Waals surface area contributed by atoms with E-state index < -0.39 is 9.84 Å². The second kappa shape index (κ2) is 5.76. The maximum atomic E-state index is 12.5. The zero-order valence-electron chi connectivity index (χ0n) is 12.4. The molecule has 2 aliphatic rings. The number of hydrogen-bond acceptors (Lipinski definition) is 6. The maximum absolute atomic E-state index is 12.5. The van der Waals surface area contributed by atoms with Gasteiger partial charge in [0.25, 0.3) is 0 Å². The molecule has 7 heteroatoms. The summed E-state index contributed by atoms with van der Waals surface area (Å²) in [5, 5.41) is 0.787. The molecular weight excluding hydrogens is 306 g/mol. The number of nitrogen functional groups attached to an aromatic ring is 1. The molecule has 0 radical (unpaired) electrons. The van der Waals surface area contributed by atoms with Crippen molar-refractivity contribution in [1.29, 1.82) is 0 Å². The van der Waals surface area contributed by atoms with E-state index in [-0.39, 0.29) is 11.6 Å². The first-order valence-corrected chi connectivity index (χ1v) is 10.2. The first-order chi connectivity index (χ1) is 10.0. The van der Waals surface area contributed by atoms with E-state index in [0.29, 0.717) is 23.3 Å². The molecule has 1 aliphatic carbocycles. The molecule has 2 N–H and O–H groups in total. The molecule has 2 atom stereocenters. The van der Waals surface area contributed by atoms with Gasteiger partial charge in [0.1, 0.15) is 9.90 Å². The van der Waals surface area contributed by atoms with E-state index in [1.165, 1.54) is 30.8 Å². The summed E-state index contributed by atoms with van der Waals surface area (Å²) in [7, 11) is -3.32. The van der Waals surface area contributed by atoms with Crippen LogP contribution >= 0.6 is 11.5 Å². The van der Waals surface area contributed by atoms with E-state index in [0.717, 1.165) is 24.4 Å². The van der Waals surface area contributed by atoms with Gasteiger partial charge in [0.05, 0.1) is 5.75 Å². The molecule has 0 bridgehead atoms. The van der Waals surface area contributed by atoms with Crippen molar-refractivity contribution in [2.45, 2.75) is 56.4 Å². The second-order valence-electron chi connectivity index (χ2n) is 6.11. The average molecular weight is 329 g/mol. The Balaban J connectivity index is 1.97. The van der Waals surface area contributed by atoms with Crippen molar-refractivity contribution < 1.29 is 8.42 Å². The Bertz CT molecular complexity index is 612. The van der Waals surface area contributed by atoms with E-state index in [9.17, 15) is 8.42 Å². The van der Waals surface area contributed by atoms with E-state index in [2.05, 4.69) is 9.27 Å². The maximum Gasteiger partial charge on any atom is 0.185 e. The second-order valence-corrected chi connectivity index (χ2v) is 8.91. The molecule has 2 heterocycles. The highest BCUT2D eigenvalue weighted by molar-refractivity contribution is 7.91. The summed E-state index contributed by atoms with van der Waals surface area (Å²) in [5.41, 5.74) is 5.89. The fraction of sp³-hybridized carbons (Fsp3) is 0.786. The Morgan fingerprint density at radius 2 is 2.10 bits per heavy atom. The zero-order chi connectivity index (χ0) is 15.0. The van der Waals surface area contributed by atoms with Crippen LogP contribution < -0.4 is 10.6 Å². The highest BCUT2D eigenvalue weighted by atomic mass is 32.2. The summed E-state index contributed by atoms with van der Waals surface area (Å²) in [4.78, 5) is 2.57.